The molecule has 0 bridgehead atoms. The molecule has 0 radical (unpaired) electrons. The van der Waals surface area contributed by atoms with Crippen LogP contribution in [0.15, 0.2) is 231 Å². The average molecular weight is 959 g/mol. The lowest BCUT2D eigenvalue weighted by molar-refractivity contribution is 0.550. The van der Waals surface area contributed by atoms with Crippen molar-refractivity contribution in [2.75, 3.05) is 0 Å². The molecule has 16 rings (SSSR count). The van der Waals surface area contributed by atoms with Gasteiger partial charge in [0.1, 0.15) is 5.82 Å². The van der Waals surface area contributed by atoms with Gasteiger partial charge < -0.3 is 0 Å². The molecule has 1 aromatic heterocycles. The summed E-state index contributed by atoms with van der Waals surface area (Å²) in [5, 5.41) is 5.16. The number of aromatic nitrogens is 2. The van der Waals surface area contributed by atoms with E-state index in [0.717, 1.165) is 28.1 Å². The molecule has 0 saturated heterocycles. The quantitative estimate of drug-likeness (QED) is 0.152. The Balaban J connectivity index is 0.948. The third-order valence-electron chi connectivity index (χ3n) is 18.3. The monoisotopic (exact) mass is 958 g/mol. The van der Waals surface area contributed by atoms with Gasteiger partial charge in [-0.05, 0) is 185 Å². The van der Waals surface area contributed by atoms with Crippen molar-refractivity contribution in [3.63, 3.8) is 0 Å². The number of fused-ring (bicyclic) bond motifs is 13. The van der Waals surface area contributed by atoms with E-state index in [9.17, 15) is 0 Å². The van der Waals surface area contributed by atoms with Gasteiger partial charge in [0.15, 0.2) is 0 Å². The Labute approximate surface area is 438 Å². The van der Waals surface area contributed by atoms with Gasteiger partial charge in [-0.1, -0.05) is 208 Å². The highest BCUT2D eigenvalue weighted by molar-refractivity contribution is 6.23. The number of nitrogens with zero attached hydrogens (tertiary/aromatic N) is 2. The second kappa shape index (κ2) is 16.5. The molecule has 2 spiro atoms. The van der Waals surface area contributed by atoms with Crippen LogP contribution in [-0.4, -0.2) is 9.55 Å². The predicted molar refractivity (Wildman–Crippen MR) is 313 cm³/mol. The van der Waals surface area contributed by atoms with Gasteiger partial charge in [0, 0.05) is 22.1 Å². The number of para-hydroxylation sites is 2. The van der Waals surface area contributed by atoms with Crippen molar-refractivity contribution in [1.29, 1.82) is 0 Å². The van der Waals surface area contributed by atoms with Crippen LogP contribution in [0.2, 0.25) is 0 Å². The number of hydrogen-bond donors (Lipinski definition) is 0. The standard InChI is InChI=1S/C73H54N2/c1-3-17-47(18-4-1)50-29-37-59-61(43-50)69(52-31-35-57-55-21-7-9-23-63(55)72(65(57)45-52)39-13-14-40-72)60-38-30-51(48-27-33-54(34-28-48)75-68-26-12-11-25-67(68)74-71(75)49-19-5-2-6-20-49)44-62(60)70(59)53-32-36-58-56-22-8-10-24-64(56)73(66(58)46-53)41-15-16-42-73/h1-12,17-38,43-46H,13-16,39-42H2. The summed E-state index contributed by atoms with van der Waals surface area (Å²) in [6.07, 6.45) is 9.87. The first-order chi connectivity index (χ1) is 37.1. The van der Waals surface area contributed by atoms with Crippen LogP contribution in [0.4, 0.5) is 0 Å². The molecule has 1 heterocycles. The van der Waals surface area contributed by atoms with Crippen LogP contribution >= 0.6 is 0 Å². The second-order valence-electron chi connectivity index (χ2n) is 22.0. The van der Waals surface area contributed by atoms with E-state index >= 15 is 0 Å². The lowest BCUT2D eigenvalue weighted by atomic mass is 9.75. The first-order valence-electron chi connectivity index (χ1n) is 27.4. The molecule has 4 aliphatic carbocycles. The Bertz CT molecular complexity index is 4280. The molecule has 2 nitrogen and oxygen atoms in total. The van der Waals surface area contributed by atoms with Crippen molar-refractivity contribution < 1.29 is 0 Å². The lowest BCUT2D eigenvalue weighted by Crippen LogP contribution is -2.20. The molecule has 2 heteroatoms. The lowest BCUT2D eigenvalue weighted by Gasteiger charge is -2.28. The minimum Gasteiger partial charge on any atom is -0.292 e. The van der Waals surface area contributed by atoms with Gasteiger partial charge in [-0.2, -0.15) is 0 Å². The fraction of sp³-hybridized carbons (Fsp3) is 0.137. The van der Waals surface area contributed by atoms with Crippen molar-refractivity contribution in [2.24, 2.45) is 0 Å². The molecule has 12 aromatic rings. The van der Waals surface area contributed by atoms with E-state index < -0.39 is 0 Å². The summed E-state index contributed by atoms with van der Waals surface area (Å²) in [6, 6.07) is 87.5. The zero-order chi connectivity index (χ0) is 49.2. The normalized spacial score (nSPS) is 15.5. The molecule has 4 aliphatic rings. The molecule has 0 aliphatic heterocycles. The van der Waals surface area contributed by atoms with Gasteiger partial charge in [-0.3, -0.25) is 4.57 Å². The van der Waals surface area contributed by atoms with Crippen LogP contribution in [0.25, 0.3) is 116 Å². The van der Waals surface area contributed by atoms with E-state index in [-0.39, 0.29) is 10.8 Å². The number of hydrogen-bond acceptors (Lipinski definition) is 1. The molecule has 0 N–H and O–H groups in total. The van der Waals surface area contributed by atoms with E-state index in [1.165, 1.54) is 162 Å². The summed E-state index contributed by atoms with van der Waals surface area (Å²) in [4.78, 5) is 5.16. The Morgan fingerprint density at radius 2 is 0.733 bits per heavy atom. The maximum absolute atomic E-state index is 5.16. The molecule has 75 heavy (non-hydrogen) atoms. The minimum atomic E-state index is 0.0556. The van der Waals surface area contributed by atoms with Crippen molar-refractivity contribution in [2.45, 2.75) is 62.2 Å². The fourth-order valence-electron chi connectivity index (χ4n) is 15.0. The highest BCUT2D eigenvalue weighted by Gasteiger charge is 2.46. The van der Waals surface area contributed by atoms with E-state index in [1.54, 1.807) is 0 Å². The first-order valence-corrected chi connectivity index (χ1v) is 27.4. The van der Waals surface area contributed by atoms with Crippen LogP contribution in [0.1, 0.15) is 73.6 Å². The van der Waals surface area contributed by atoms with Crippen LogP contribution in [0.3, 0.4) is 0 Å². The Hall–Kier alpha value is -8.59. The van der Waals surface area contributed by atoms with Gasteiger partial charge in [0.2, 0.25) is 0 Å². The summed E-state index contributed by atoms with van der Waals surface area (Å²) < 4.78 is 2.31. The maximum atomic E-state index is 5.16. The second-order valence-corrected chi connectivity index (χ2v) is 22.0. The van der Waals surface area contributed by atoms with Gasteiger partial charge >= 0.3 is 0 Å². The van der Waals surface area contributed by atoms with Gasteiger partial charge in [-0.15, -0.1) is 0 Å². The smallest absolute Gasteiger partial charge is 0.145 e. The van der Waals surface area contributed by atoms with E-state index in [1.807, 2.05) is 0 Å². The number of rotatable bonds is 6. The molecule has 11 aromatic carbocycles. The molecular formula is C73H54N2. The minimum absolute atomic E-state index is 0.0556. The summed E-state index contributed by atoms with van der Waals surface area (Å²) >= 11 is 0. The Morgan fingerprint density at radius 1 is 0.307 bits per heavy atom. The highest BCUT2D eigenvalue weighted by Crippen LogP contribution is 2.60. The van der Waals surface area contributed by atoms with Crippen molar-refractivity contribution >= 4 is 32.6 Å². The summed E-state index contributed by atoms with van der Waals surface area (Å²) in [5.74, 6) is 0.945. The van der Waals surface area contributed by atoms with Crippen molar-refractivity contribution in [1.82, 2.24) is 9.55 Å². The molecule has 2 fully saturated rings. The third-order valence-corrected chi connectivity index (χ3v) is 18.3. The van der Waals surface area contributed by atoms with E-state index in [2.05, 4.69) is 235 Å². The fourth-order valence-corrected chi connectivity index (χ4v) is 15.0. The Morgan fingerprint density at radius 3 is 1.28 bits per heavy atom. The summed E-state index contributed by atoms with van der Waals surface area (Å²) in [5.41, 5.74) is 26.2. The van der Waals surface area contributed by atoms with Gasteiger partial charge in [-0.25, -0.2) is 4.98 Å². The van der Waals surface area contributed by atoms with Crippen molar-refractivity contribution in [3.05, 3.63) is 253 Å². The summed E-state index contributed by atoms with van der Waals surface area (Å²) in [6.45, 7) is 0. The van der Waals surface area contributed by atoms with Crippen molar-refractivity contribution in [3.8, 4) is 83.8 Å². The van der Waals surface area contributed by atoms with Crippen LogP contribution in [0.5, 0.6) is 0 Å². The van der Waals surface area contributed by atoms with E-state index in [4.69, 9.17) is 4.98 Å². The largest absolute Gasteiger partial charge is 0.292 e. The molecule has 0 amide bonds. The topological polar surface area (TPSA) is 17.8 Å². The first kappa shape index (κ1) is 42.9. The molecule has 0 unspecified atom stereocenters. The summed E-state index contributed by atoms with van der Waals surface area (Å²) in [7, 11) is 0. The van der Waals surface area contributed by atoms with Crippen LogP contribution in [-0.2, 0) is 10.8 Å². The predicted octanol–water partition coefficient (Wildman–Crippen LogP) is 19.3. The van der Waals surface area contributed by atoms with Crippen LogP contribution in [0, 0.1) is 0 Å². The molecule has 356 valence electrons. The number of benzene rings is 11. The number of imidazole rings is 1. The van der Waals surface area contributed by atoms with Gasteiger partial charge in [0.05, 0.1) is 11.0 Å². The Kier molecular flexibility index (Phi) is 9.41. The molecular weight excluding hydrogens is 905 g/mol. The molecule has 2 saturated carbocycles. The van der Waals surface area contributed by atoms with E-state index in [0.29, 0.717) is 0 Å². The van der Waals surface area contributed by atoms with Crippen LogP contribution < -0.4 is 0 Å². The zero-order valence-electron chi connectivity index (χ0n) is 42.0. The zero-order valence-corrected chi connectivity index (χ0v) is 42.0. The average Bonchev–Trinajstić information content (AvgIpc) is 4.36. The SMILES string of the molecule is c1ccc(-c2ccc3c(-c4ccc5c(c4)C4(CCCC4)c4ccccc4-5)c4cc(-c5ccc(-n6c(-c7ccccc7)nc7ccccc76)cc5)ccc4c(-c4ccc5c(c4)C4(CCCC4)c4ccccc4-5)c3c2)cc1. The molecule has 0 atom stereocenters. The van der Waals surface area contributed by atoms with Gasteiger partial charge in [0.25, 0.3) is 0 Å². The third kappa shape index (κ3) is 6.29. The highest BCUT2D eigenvalue weighted by atomic mass is 15.1. The maximum Gasteiger partial charge on any atom is 0.145 e.